The maximum atomic E-state index is 13.5. The Balaban J connectivity index is 1.28. The van der Waals surface area contributed by atoms with Crippen LogP contribution in [0.2, 0.25) is 0 Å². The highest BCUT2D eigenvalue weighted by atomic mass is 16.5. The number of carbonyl (C=O) groups excluding carboxylic acids is 1. The van der Waals surface area contributed by atoms with Crippen molar-refractivity contribution in [3.63, 3.8) is 0 Å². The van der Waals surface area contributed by atoms with Crippen molar-refractivity contribution in [2.45, 2.75) is 42.8 Å². The minimum atomic E-state index is -0.582. The number of imidazole rings is 1. The number of carbonyl (C=O) groups is 1. The Morgan fingerprint density at radius 2 is 1.86 bits per heavy atom. The lowest BCUT2D eigenvalue weighted by atomic mass is 9.91. The minimum absolute atomic E-state index is 0.0362. The number of rotatable bonds is 3. The zero-order valence-corrected chi connectivity index (χ0v) is 20.0. The van der Waals surface area contributed by atoms with Crippen molar-refractivity contribution in [1.29, 1.82) is 0 Å². The first-order chi connectivity index (χ1) is 17.5. The Kier molecular flexibility index (Phi) is 3.99. The summed E-state index contributed by atoms with van der Waals surface area (Å²) in [5.41, 5.74) is 13.1. The van der Waals surface area contributed by atoms with Crippen LogP contribution in [0.25, 0.3) is 22.2 Å². The molecule has 4 aliphatic rings. The average Bonchev–Trinajstić information content (AvgIpc) is 3.59. The summed E-state index contributed by atoms with van der Waals surface area (Å²) >= 11 is 0. The first-order valence-corrected chi connectivity index (χ1v) is 12.6. The molecule has 2 atom stereocenters. The molecule has 0 unspecified atom stereocenters. The van der Waals surface area contributed by atoms with Gasteiger partial charge in [0.2, 0.25) is 0 Å². The molecular weight excluding hydrogens is 452 g/mol. The Hall–Kier alpha value is -3.62. The average molecular weight is 479 g/mol. The molecule has 36 heavy (non-hydrogen) atoms. The summed E-state index contributed by atoms with van der Waals surface area (Å²) in [5.74, 6) is 2.25. The fraction of sp³-hybridized carbons (Fsp3) is 0.357. The molecule has 8 nitrogen and oxygen atoms in total. The number of nitrogens with two attached hydrogens (primary N) is 1. The fourth-order valence-corrected chi connectivity index (χ4v) is 6.26. The lowest BCUT2D eigenvalue weighted by molar-refractivity contribution is -0.0613. The largest absolute Gasteiger partial charge is 0.376 e. The molecule has 1 saturated carbocycles. The Morgan fingerprint density at radius 3 is 2.58 bits per heavy atom. The lowest BCUT2D eigenvalue weighted by Gasteiger charge is -2.35. The van der Waals surface area contributed by atoms with Crippen molar-refractivity contribution >= 4 is 16.9 Å². The van der Waals surface area contributed by atoms with E-state index in [1.54, 1.807) is 0 Å². The van der Waals surface area contributed by atoms with Gasteiger partial charge >= 0.3 is 0 Å². The Morgan fingerprint density at radius 1 is 1.06 bits per heavy atom. The quantitative estimate of drug-likeness (QED) is 0.482. The molecule has 1 amide bonds. The van der Waals surface area contributed by atoms with E-state index in [1.165, 1.54) is 24.0 Å². The first-order valence-electron chi connectivity index (χ1n) is 12.6. The van der Waals surface area contributed by atoms with E-state index in [0.29, 0.717) is 25.0 Å². The second-order valence-corrected chi connectivity index (χ2v) is 10.8. The molecule has 0 spiro atoms. The summed E-state index contributed by atoms with van der Waals surface area (Å²) in [5, 5.41) is 0. The molecule has 0 radical (unpaired) electrons. The van der Waals surface area contributed by atoms with Crippen LogP contribution in [0.15, 0.2) is 48.8 Å². The molecular formula is C28H26N6O2. The monoisotopic (exact) mass is 478 g/mol. The molecule has 5 heterocycles. The SMILES string of the molecule is CN1C(=O)c2cccc(C3CC3)c2[C@H]2C[C@@H]1c1nc3ccc(-c4cnc(C5(N)COC5)nc4)cc3n12. The standard InChI is InChI=1S/C28H26N6O2/c1-33-23-10-22(24-18(15-5-6-15)3-2-4-19(24)26(33)35)34-21-9-16(7-8-20(21)32-25(23)34)17-11-30-27(31-12-17)28(29)13-36-14-28/h2-4,7-9,11-12,15,22-23H,5-6,10,13-14,29H2,1H3/t22-,23-/m1/s1. The molecule has 1 saturated heterocycles. The fourth-order valence-electron chi connectivity index (χ4n) is 6.26. The third-order valence-corrected chi connectivity index (χ3v) is 8.43. The second kappa shape index (κ2) is 6.99. The highest BCUT2D eigenvalue weighted by Gasteiger charge is 2.45. The van der Waals surface area contributed by atoms with E-state index < -0.39 is 5.54 Å². The number of aromatic nitrogens is 4. The van der Waals surface area contributed by atoms with E-state index in [2.05, 4.69) is 38.8 Å². The molecule has 2 bridgehead atoms. The van der Waals surface area contributed by atoms with Gasteiger partial charge in [0.15, 0.2) is 5.82 Å². The van der Waals surface area contributed by atoms with Gasteiger partial charge in [-0.15, -0.1) is 0 Å². The molecule has 8 heteroatoms. The molecule has 2 aromatic heterocycles. The van der Waals surface area contributed by atoms with Crippen LogP contribution in [0, 0.1) is 0 Å². The van der Waals surface area contributed by atoms with Crippen molar-refractivity contribution in [3.8, 4) is 11.1 Å². The van der Waals surface area contributed by atoms with Gasteiger partial charge in [-0.2, -0.15) is 0 Å². The van der Waals surface area contributed by atoms with Crippen LogP contribution in [0.4, 0.5) is 0 Å². The van der Waals surface area contributed by atoms with Gasteiger partial charge in [0.25, 0.3) is 5.91 Å². The molecule has 2 fully saturated rings. The topological polar surface area (TPSA) is 99.2 Å². The van der Waals surface area contributed by atoms with Crippen molar-refractivity contribution in [1.82, 2.24) is 24.4 Å². The first kappa shape index (κ1) is 20.6. The summed E-state index contributed by atoms with van der Waals surface area (Å²) in [6.45, 7) is 0.897. The van der Waals surface area contributed by atoms with Gasteiger partial charge in [0, 0.05) is 37.0 Å². The van der Waals surface area contributed by atoms with E-state index >= 15 is 0 Å². The highest BCUT2D eigenvalue weighted by molar-refractivity contribution is 5.97. The van der Waals surface area contributed by atoms with E-state index in [-0.39, 0.29) is 18.0 Å². The highest BCUT2D eigenvalue weighted by Crippen LogP contribution is 2.52. The van der Waals surface area contributed by atoms with Crippen LogP contribution < -0.4 is 5.73 Å². The number of fused-ring (bicyclic) bond motifs is 9. The van der Waals surface area contributed by atoms with Crippen molar-refractivity contribution in [2.24, 2.45) is 5.73 Å². The predicted octanol–water partition coefficient (Wildman–Crippen LogP) is 3.67. The van der Waals surface area contributed by atoms with Gasteiger partial charge in [-0.3, -0.25) is 4.79 Å². The number of amides is 1. The lowest BCUT2D eigenvalue weighted by Crippen LogP contribution is -2.55. The molecule has 2 aromatic carbocycles. The van der Waals surface area contributed by atoms with Gasteiger partial charge in [0.05, 0.1) is 36.3 Å². The van der Waals surface area contributed by atoms with Gasteiger partial charge in [-0.25, -0.2) is 15.0 Å². The van der Waals surface area contributed by atoms with Gasteiger partial charge in [-0.05, 0) is 53.6 Å². The molecule has 3 aliphatic heterocycles. The zero-order valence-electron chi connectivity index (χ0n) is 20.0. The van der Waals surface area contributed by atoms with Crippen LogP contribution in [0.5, 0.6) is 0 Å². The summed E-state index contributed by atoms with van der Waals surface area (Å²) in [6.07, 6.45) is 6.94. The van der Waals surface area contributed by atoms with Crippen LogP contribution in [-0.4, -0.2) is 50.6 Å². The summed E-state index contributed by atoms with van der Waals surface area (Å²) < 4.78 is 7.64. The summed E-state index contributed by atoms with van der Waals surface area (Å²) in [7, 11) is 1.92. The number of ether oxygens (including phenoxy) is 1. The number of hydrogen-bond donors (Lipinski definition) is 1. The number of benzene rings is 2. The zero-order chi connectivity index (χ0) is 24.2. The number of hydrogen-bond acceptors (Lipinski definition) is 6. The summed E-state index contributed by atoms with van der Waals surface area (Å²) in [4.78, 5) is 29.5. The molecule has 2 N–H and O–H groups in total. The van der Waals surface area contributed by atoms with Crippen LogP contribution in [0.3, 0.4) is 0 Å². The third-order valence-electron chi connectivity index (χ3n) is 8.43. The number of nitrogens with zero attached hydrogens (tertiary/aromatic N) is 5. The third kappa shape index (κ3) is 2.71. The van der Waals surface area contributed by atoms with Gasteiger partial charge < -0.3 is 19.9 Å². The van der Waals surface area contributed by atoms with Gasteiger partial charge in [-0.1, -0.05) is 18.2 Å². The van der Waals surface area contributed by atoms with Crippen LogP contribution >= 0.6 is 0 Å². The molecule has 4 aromatic rings. The van der Waals surface area contributed by atoms with Crippen molar-refractivity contribution in [2.75, 3.05) is 20.3 Å². The molecule has 180 valence electrons. The smallest absolute Gasteiger partial charge is 0.254 e. The minimum Gasteiger partial charge on any atom is -0.376 e. The van der Waals surface area contributed by atoms with Gasteiger partial charge in [0.1, 0.15) is 11.4 Å². The maximum absolute atomic E-state index is 13.5. The maximum Gasteiger partial charge on any atom is 0.254 e. The Labute approximate surface area is 208 Å². The van der Waals surface area contributed by atoms with Crippen molar-refractivity contribution < 1.29 is 9.53 Å². The normalized spacial score (nSPS) is 23.8. The Bertz CT molecular complexity index is 1570. The molecule has 1 aliphatic carbocycles. The van der Waals surface area contributed by atoms with E-state index in [4.69, 9.17) is 15.5 Å². The van der Waals surface area contributed by atoms with Crippen LogP contribution in [0.1, 0.15) is 70.4 Å². The van der Waals surface area contributed by atoms with E-state index in [9.17, 15) is 4.79 Å². The second-order valence-electron chi connectivity index (χ2n) is 10.8. The van der Waals surface area contributed by atoms with E-state index in [1.807, 2.05) is 36.5 Å². The van der Waals surface area contributed by atoms with Crippen molar-refractivity contribution in [3.05, 3.63) is 77.1 Å². The predicted molar refractivity (Wildman–Crippen MR) is 133 cm³/mol. The van der Waals surface area contributed by atoms with E-state index in [0.717, 1.165) is 40.0 Å². The molecule has 8 rings (SSSR count). The van der Waals surface area contributed by atoms with Crippen LogP contribution in [-0.2, 0) is 10.3 Å². The summed E-state index contributed by atoms with van der Waals surface area (Å²) in [6, 6.07) is 12.7.